The van der Waals surface area contributed by atoms with E-state index in [-0.39, 0.29) is 10.6 Å². The molecule has 1 heterocycles. The highest BCUT2D eigenvalue weighted by molar-refractivity contribution is 7.89. The fourth-order valence-electron chi connectivity index (χ4n) is 4.81. The van der Waals surface area contributed by atoms with Gasteiger partial charge in [-0.05, 0) is 31.0 Å². The molecule has 6 nitrogen and oxygen atoms in total. The molecule has 5 rings (SSSR count). The van der Waals surface area contributed by atoms with Crippen LogP contribution in [-0.4, -0.2) is 30.8 Å². The first kappa shape index (κ1) is 26.1. The van der Waals surface area contributed by atoms with E-state index in [2.05, 4.69) is 5.32 Å². The SMILES string of the molecule is Cc1ccc(C(=O)CN2C(C(=O)c3ccccc3)=C(NCc3ccccc3)c3ccccc3S2(=O)=O)c(C)c1. The highest BCUT2D eigenvalue weighted by atomic mass is 32.2. The van der Waals surface area contributed by atoms with Crippen LogP contribution in [0.25, 0.3) is 5.70 Å². The van der Waals surface area contributed by atoms with Crippen LogP contribution in [0.5, 0.6) is 0 Å². The Kier molecular flexibility index (Phi) is 7.17. The van der Waals surface area contributed by atoms with Crippen molar-refractivity contribution in [3.63, 3.8) is 0 Å². The fraction of sp³-hybridized carbons (Fsp3) is 0.125. The van der Waals surface area contributed by atoms with Gasteiger partial charge >= 0.3 is 0 Å². The van der Waals surface area contributed by atoms with Crippen molar-refractivity contribution in [2.45, 2.75) is 25.3 Å². The summed E-state index contributed by atoms with van der Waals surface area (Å²) in [5.74, 6) is -0.881. The van der Waals surface area contributed by atoms with Crippen LogP contribution in [0.3, 0.4) is 0 Å². The lowest BCUT2D eigenvalue weighted by molar-refractivity contribution is 0.0957. The van der Waals surface area contributed by atoms with Crippen LogP contribution in [0.15, 0.2) is 114 Å². The molecule has 0 spiro atoms. The van der Waals surface area contributed by atoms with Crippen LogP contribution >= 0.6 is 0 Å². The number of sulfonamides is 1. The van der Waals surface area contributed by atoms with E-state index >= 15 is 0 Å². The summed E-state index contributed by atoms with van der Waals surface area (Å²) in [4.78, 5) is 27.7. The van der Waals surface area contributed by atoms with Gasteiger partial charge in [-0.2, -0.15) is 0 Å². The summed E-state index contributed by atoms with van der Waals surface area (Å²) in [5.41, 5.74) is 4.13. The number of fused-ring (bicyclic) bond motifs is 1. The summed E-state index contributed by atoms with van der Waals surface area (Å²) >= 11 is 0. The topological polar surface area (TPSA) is 83.6 Å². The molecule has 1 aliphatic heterocycles. The van der Waals surface area contributed by atoms with Crippen molar-refractivity contribution in [3.8, 4) is 0 Å². The van der Waals surface area contributed by atoms with Gasteiger partial charge in [0.25, 0.3) is 10.0 Å². The van der Waals surface area contributed by atoms with Gasteiger partial charge in [0.1, 0.15) is 5.70 Å². The maximum Gasteiger partial charge on any atom is 0.265 e. The Labute approximate surface area is 228 Å². The van der Waals surface area contributed by atoms with Crippen molar-refractivity contribution in [2.24, 2.45) is 0 Å². The number of nitrogens with zero attached hydrogens (tertiary/aromatic N) is 1. The minimum Gasteiger partial charge on any atom is -0.379 e. The number of benzene rings is 4. The van der Waals surface area contributed by atoms with Gasteiger partial charge < -0.3 is 5.32 Å². The second kappa shape index (κ2) is 10.7. The monoisotopic (exact) mass is 536 g/mol. The van der Waals surface area contributed by atoms with Gasteiger partial charge in [-0.1, -0.05) is 103 Å². The van der Waals surface area contributed by atoms with Crippen molar-refractivity contribution in [3.05, 3.63) is 142 Å². The first-order valence-electron chi connectivity index (χ1n) is 12.6. The molecule has 0 aliphatic carbocycles. The number of allylic oxidation sites excluding steroid dienone is 1. The number of nitrogens with one attached hydrogen (secondary N) is 1. The standard InChI is InChI=1S/C32H28N2O4S/c1-22-17-18-26(23(2)19-22)28(35)21-34-31(32(36)25-13-7-4-8-14-25)30(33-20-24-11-5-3-6-12-24)27-15-9-10-16-29(27)39(34,37)38/h3-19,33H,20-21H2,1-2H3. The molecule has 39 heavy (non-hydrogen) atoms. The van der Waals surface area contributed by atoms with Gasteiger partial charge in [0.2, 0.25) is 5.78 Å². The molecule has 1 aliphatic rings. The third kappa shape index (κ3) is 5.13. The molecular weight excluding hydrogens is 508 g/mol. The number of rotatable bonds is 8. The van der Waals surface area contributed by atoms with Crippen LogP contribution in [0.2, 0.25) is 0 Å². The summed E-state index contributed by atoms with van der Waals surface area (Å²) < 4.78 is 29.0. The first-order valence-corrected chi connectivity index (χ1v) is 14.1. The average Bonchev–Trinajstić information content (AvgIpc) is 2.94. The Morgan fingerprint density at radius 3 is 2.13 bits per heavy atom. The second-order valence-corrected chi connectivity index (χ2v) is 11.3. The number of carbonyl (C=O) groups excluding carboxylic acids is 2. The summed E-state index contributed by atoms with van der Waals surface area (Å²) in [6, 6.07) is 30.1. The van der Waals surface area contributed by atoms with Crippen LogP contribution < -0.4 is 5.32 Å². The van der Waals surface area contributed by atoms with E-state index in [9.17, 15) is 18.0 Å². The van der Waals surface area contributed by atoms with E-state index in [1.54, 1.807) is 54.6 Å². The average molecular weight is 537 g/mol. The minimum atomic E-state index is -4.23. The van der Waals surface area contributed by atoms with Crippen molar-refractivity contribution < 1.29 is 18.0 Å². The summed E-state index contributed by atoms with van der Waals surface area (Å²) in [6.45, 7) is 3.59. The third-order valence-electron chi connectivity index (χ3n) is 6.74. The van der Waals surface area contributed by atoms with E-state index in [0.29, 0.717) is 28.9 Å². The molecular formula is C32H28N2O4S. The summed E-state index contributed by atoms with van der Waals surface area (Å²) in [6.07, 6.45) is 0. The van der Waals surface area contributed by atoms with Gasteiger partial charge in [-0.25, -0.2) is 8.42 Å². The largest absolute Gasteiger partial charge is 0.379 e. The molecule has 0 fully saturated rings. The number of aryl methyl sites for hydroxylation is 2. The van der Waals surface area contributed by atoms with Crippen molar-refractivity contribution in [2.75, 3.05) is 6.54 Å². The molecule has 0 saturated heterocycles. The Bertz CT molecular complexity index is 1690. The quantitative estimate of drug-likeness (QED) is 0.299. The Hall–Kier alpha value is -4.49. The number of Topliss-reactive ketones (excluding diaryl/α,β-unsaturated/α-hetero) is 2. The van der Waals surface area contributed by atoms with Gasteiger partial charge in [0.15, 0.2) is 5.78 Å². The molecule has 0 atom stereocenters. The second-order valence-electron chi connectivity index (χ2n) is 9.51. The molecule has 196 valence electrons. The predicted molar refractivity (Wildman–Crippen MR) is 152 cm³/mol. The predicted octanol–water partition coefficient (Wildman–Crippen LogP) is 5.53. The maximum absolute atomic E-state index is 14.0. The van der Waals surface area contributed by atoms with Crippen molar-refractivity contribution in [1.29, 1.82) is 0 Å². The van der Waals surface area contributed by atoms with E-state index in [1.807, 2.05) is 56.3 Å². The van der Waals surface area contributed by atoms with E-state index in [0.717, 1.165) is 21.0 Å². The molecule has 0 radical (unpaired) electrons. The number of hydrogen-bond acceptors (Lipinski definition) is 5. The normalized spacial score (nSPS) is 14.1. The number of ketones is 2. The fourth-order valence-corrected chi connectivity index (χ4v) is 6.45. The smallest absolute Gasteiger partial charge is 0.265 e. The molecule has 0 aromatic heterocycles. The zero-order valence-corrected chi connectivity index (χ0v) is 22.5. The lowest BCUT2D eigenvalue weighted by Gasteiger charge is -2.33. The zero-order valence-electron chi connectivity index (χ0n) is 21.7. The van der Waals surface area contributed by atoms with Crippen LogP contribution in [0, 0.1) is 13.8 Å². The highest BCUT2D eigenvalue weighted by Crippen LogP contribution is 2.37. The molecule has 0 unspecified atom stereocenters. The first-order chi connectivity index (χ1) is 18.8. The van der Waals surface area contributed by atoms with Crippen molar-refractivity contribution >= 4 is 27.3 Å². The lowest BCUT2D eigenvalue weighted by Crippen LogP contribution is -2.43. The molecule has 1 N–H and O–H groups in total. The molecule has 0 bridgehead atoms. The minimum absolute atomic E-state index is 0.0404. The molecule has 4 aromatic carbocycles. The Morgan fingerprint density at radius 1 is 0.795 bits per heavy atom. The zero-order chi connectivity index (χ0) is 27.6. The van der Waals surface area contributed by atoms with Gasteiger partial charge in [-0.3, -0.25) is 13.9 Å². The van der Waals surface area contributed by atoms with E-state index in [4.69, 9.17) is 0 Å². The summed E-state index contributed by atoms with van der Waals surface area (Å²) in [7, 11) is -4.23. The molecule has 0 amide bonds. The third-order valence-corrected chi connectivity index (χ3v) is 8.55. The van der Waals surface area contributed by atoms with Crippen molar-refractivity contribution in [1.82, 2.24) is 9.62 Å². The van der Waals surface area contributed by atoms with Gasteiger partial charge in [0.05, 0.1) is 17.1 Å². The Balaban J connectivity index is 1.69. The van der Waals surface area contributed by atoms with Gasteiger partial charge in [0, 0.05) is 23.2 Å². The van der Waals surface area contributed by atoms with E-state index < -0.39 is 28.1 Å². The number of hydrogen-bond donors (Lipinski definition) is 1. The van der Waals surface area contributed by atoms with Crippen LogP contribution in [0.4, 0.5) is 0 Å². The molecule has 7 heteroatoms. The van der Waals surface area contributed by atoms with Crippen LogP contribution in [-0.2, 0) is 16.6 Å². The number of carbonyl (C=O) groups is 2. The lowest BCUT2D eigenvalue weighted by atomic mass is 10.0. The Morgan fingerprint density at radius 2 is 1.44 bits per heavy atom. The summed E-state index contributed by atoms with van der Waals surface area (Å²) in [5, 5.41) is 3.34. The molecule has 0 saturated carbocycles. The highest BCUT2D eigenvalue weighted by Gasteiger charge is 2.41. The van der Waals surface area contributed by atoms with E-state index in [1.165, 1.54) is 6.07 Å². The van der Waals surface area contributed by atoms with Gasteiger partial charge in [-0.15, -0.1) is 0 Å². The maximum atomic E-state index is 14.0. The molecule has 4 aromatic rings. The van der Waals surface area contributed by atoms with Crippen LogP contribution in [0.1, 0.15) is 43.0 Å².